The zero-order valence-electron chi connectivity index (χ0n) is 13.1. The number of rotatable bonds is 4. The Bertz CT molecular complexity index is 773. The van der Waals surface area contributed by atoms with Crippen LogP contribution in [0.5, 0.6) is 11.5 Å². The Kier molecular flexibility index (Phi) is 3.92. The minimum Gasteiger partial charge on any atom is -0.497 e. The van der Waals surface area contributed by atoms with E-state index in [4.69, 9.17) is 20.9 Å². The monoisotopic (exact) mass is 313 g/mol. The van der Waals surface area contributed by atoms with Crippen molar-refractivity contribution in [3.8, 4) is 11.5 Å². The van der Waals surface area contributed by atoms with Gasteiger partial charge in [0.1, 0.15) is 23.1 Å². The molecule has 1 aromatic heterocycles. The van der Waals surface area contributed by atoms with E-state index in [1.165, 1.54) is 0 Å². The van der Waals surface area contributed by atoms with Crippen molar-refractivity contribution in [2.75, 3.05) is 31.0 Å². The van der Waals surface area contributed by atoms with E-state index in [2.05, 4.69) is 15.3 Å². The molecular formula is C16H19N5O2. The molecule has 2 aromatic rings. The summed E-state index contributed by atoms with van der Waals surface area (Å²) in [6.45, 7) is 0. The first-order valence-corrected chi connectivity index (χ1v) is 7.18. The maximum absolute atomic E-state index is 5.96. The molecule has 0 unspecified atom stereocenters. The predicted octanol–water partition coefficient (Wildman–Crippen LogP) is 1.75. The maximum atomic E-state index is 5.96. The molecule has 0 amide bonds. The highest BCUT2D eigenvalue weighted by Gasteiger charge is 2.18. The van der Waals surface area contributed by atoms with Crippen LogP contribution in [-0.4, -0.2) is 24.2 Å². The number of allylic oxidation sites excluding steroid dienone is 1. The molecule has 1 aromatic carbocycles. The van der Waals surface area contributed by atoms with E-state index in [1.54, 1.807) is 14.2 Å². The van der Waals surface area contributed by atoms with Crippen molar-refractivity contribution in [2.45, 2.75) is 12.8 Å². The van der Waals surface area contributed by atoms with Crippen molar-refractivity contribution < 1.29 is 9.47 Å². The zero-order valence-corrected chi connectivity index (χ0v) is 13.1. The van der Waals surface area contributed by atoms with Crippen LogP contribution in [0.15, 0.2) is 30.0 Å². The van der Waals surface area contributed by atoms with E-state index in [-0.39, 0.29) is 5.95 Å². The number of aromatic nitrogens is 2. The van der Waals surface area contributed by atoms with Gasteiger partial charge in [-0.2, -0.15) is 9.97 Å². The number of anilines is 3. The minimum absolute atomic E-state index is 0.167. The number of nitrogen functional groups attached to an aromatic ring is 2. The molecule has 5 N–H and O–H groups in total. The molecule has 0 atom stereocenters. The molecule has 0 bridgehead atoms. The van der Waals surface area contributed by atoms with Gasteiger partial charge in [-0.05, 0) is 30.2 Å². The summed E-state index contributed by atoms with van der Waals surface area (Å²) in [5.41, 5.74) is 14.6. The van der Waals surface area contributed by atoms with Crippen molar-refractivity contribution in [2.24, 2.45) is 0 Å². The van der Waals surface area contributed by atoms with Crippen LogP contribution in [0.1, 0.15) is 11.1 Å². The number of hydrogen-bond donors (Lipinski definition) is 3. The Hall–Kier alpha value is -2.96. The van der Waals surface area contributed by atoms with Crippen molar-refractivity contribution in [1.29, 1.82) is 0 Å². The smallest absolute Gasteiger partial charge is 0.223 e. The lowest BCUT2D eigenvalue weighted by Gasteiger charge is -2.20. The average molecular weight is 313 g/mol. The maximum Gasteiger partial charge on any atom is 0.223 e. The molecule has 2 heterocycles. The standard InChI is InChI=1S/C16H19N5O2/c1-22-11-3-4-13(23-2)10(7-11)5-9-6-12-14(17)20-16(18)21-15(12)19-8-9/h3-4,7-8H,5-6H2,1-2H3,(H5,17,18,19,20,21). The molecule has 0 radical (unpaired) electrons. The van der Waals surface area contributed by atoms with E-state index in [9.17, 15) is 0 Å². The van der Waals surface area contributed by atoms with Gasteiger partial charge < -0.3 is 26.3 Å². The van der Waals surface area contributed by atoms with E-state index in [1.807, 2.05) is 24.4 Å². The number of nitrogens with two attached hydrogens (primary N) is 2. The second-order valence-corrected chi connectivity index (χ2v) is 5.27. The van der Waals surface area contributed by atoms with Crippen LogP contribution in [0.25, 0.3) is 0 Å². The van der Waals surface area contributed by atoms with Crippen LogP contribution in [0.4, 0.5) is 17.6 Å². The van der Waals surface area contributed by atoms with Crippen LogP contribution >= 0.6 is 0 Å². The predicted molar refractivity (Wildman–Crippen MR) is 89.5 cm³/mol. The molecule has 3 rings (SSSR count). The second-order valence-electron chi connectivity index (χ2n) is 5.27. The van der Waals surface area contributed by atoms with Gasteiger partial charge in [0, 0.05) is 23.7 Å². The summed E-state index contributed by atoms with van der Waals surface area (Å²) in [5, 5.41) is 3.14. The van der Waals surface area contributed by atoms with Gasteiger partial charge in [-0.3, -0.25) is 0 Å². The zero-order chi connectivity index (χ0) is 16.4. The van der Waals surface area contributed by atoms with Crippen LogP contribution in [0.2, 0.25) is 0 Å². The van der Waals surface area contributed by atoms with Crippen LogP contribution in [-0.2, 0) is 12.8 Å². The second kappa shape index (κ2) is 6.04. The Morgan fingerprint density at radius 3 is 2.74 bits per heavy atom. The van der Waals surface area contributed by atoms with E-state index in [0.29, 0.717) is 24.5 Å². The fraction of sp³-hybridized carbons (Fsp3) is 0.250. The van der Waals surface area contributed by atoms with Crippen LogP contribution < -0.4 is 26.3 Å². The highest BCUT2D eigenvalue weighted by Crippen LogP contribution is 2.31. The Morgan fingerprint density at radius 2 is 2.00 bits per heavy atom. The first kappa shape index (κ1) is 15.0. The van der Waals surface area contributed by atoms with Crippen LogP contribution in [0.3, 0.4) is 0 Å². The molecule has 23 heavy (non-hydrogen) atoms. The summed E-state index contributed by atoms with van der Waals surface area (Å²) in [6, 6.07) is 5.74. The molecular weight excluding hydrogens is 294 g/mol. The van der Waals surface area contributed by atoms with E-state index in [0.717, 1.165) is 28.2 Å². The third-order valence-electron chi connectivity index (χ3n) is 3.78. The summed E-state index contributed by atoms with van der Waals surface area (Å²) < 4.78 is 10.7. The molecule has 0 aliphatic carbocycles. The molecule has 1 aliphatic heterocycles. The number of methoxy groups -OCH3 is 2. The first-order chi connectivity index (χ1) is 11.1. The number of benzene rings is 1. The van der Waals surface area contributed by atoms with Gasteiger partial charge in [0.15, 0.2) is 0 Å². The quantitative estimate of drug-likeness (QED) is 0.789. The van der Waals surface area contributed by atoms with Gasteiger partial charge in [0.05, 0.1) is 14.2 Å². The molecule has 1 aliphatic rings. The minimum atomic E-state index is 0.167. The Labute approximate surface area is 134 Å². The Morgan fingerprint density at radius 1 is 1.17 bits per heavy atom. The van der Waals surface area contributed by atoms with Gasteiger partial charge >= 0.3 is 0 Å². The highest BCUT2D eigenvalue weighted by atomic mass is 16.5. The summed E-state index contributed by atoms with van der Waals surface area (Å²) in [6.07, 6.45) is 3.29. The molecule has 0 fully saturated rings. The lowest BCUT2D eigenvalue weighted by Crippen LogP contribution is -2.14. The number of fused-ring (bicyclic) bond motifs is 1. The molecule has 0 spiro atoms. The third-order valence-corrected chi connectivity index (χ3v) is 3.78. The van der Waals surface area contributed by atoms with Gasteiger partial charge in [-0.25, -0.2) is 0 Å². The fourth-order valence-corrected chi connectivity index (χ4v) is 2.64. The average Bonchev–Trinajstić information content (AvgIpc) is 2.55. The molecule has 7 nitrogen and oxygen atoms in total. The molecule has 7 heteroatoms. The third kappa shape index (κ3) is 2.98. The highest BCUT2D eigenvalue weighted by molar-refractivity contribution is 5.63. The van der Waals surface area contributed by atoms with Gasteiger partial charge in [-0.1, -0.05) is 0 Å². The van der Waals surface area contributed by atoms with Gasteiger partial charge in [0.25, 0.3) is 0 Å². The summed E-state index contributed by atoms with van der Waals surface area (Å²) >= 11 is 0. The number of nitrogens with one attached hydrogen (secondary N) is 1. The number of nitrogens with zero attached hydrogens (tertiary/aromatic N) is 2. The normalized spacial score (nSPS) is 12.9. The Balaban J connectivity index is 1.86. The summed E-state index contributed by atoms with van der Waals surface area (Å²) in [4.78, 5) is 8.19. The van der Waals surface area contributed by atoms with Gasteiger partial charge in [0.2, 0.25) is 5.95 Å². The SMILES string of the molecule is COc1ccc(OC)c(CC2=CNc3nc(N)nc(N)c3C2)c1. The summed E-state index contributed by atoms with van der Waals surface area (Å²) in [7, 11) is 3.30. The van der Waals surface area contributed by atoms with Crippen molar-refractivity contribution in [3.05, 3.63) is 41.1 Å². The van der Waals surface area contributed by atoms with E-state index < -0.39 is 0 Å². The van der Waals surface area contributed by atoms with Crippen molar-refractivity contribution in [3.63, 3.8) is 0 Å². The largest absolute Gasteiger partial charge is 0.497 e. The fourth-order valence-electron chi connectivity index (χ4n) is 2.64. The van der Waals surface area contributed by atoms with Gasteiger partial charge in [-0.15, -0.1) is 0 Å². The molecule has 0 saturated carbocycles. The molecule has 0 saturated heterocycles. The number of hydrogen-bond acceptors (Lipinski definition) is 7. The lowest BCUT2D eigenvalue weighted by atomic mass is 9.97. The van der Waals surface area contributed by atoms with Crippen molar-refractivity contribution >= 4 is 17.6 Å². The van der Waals surface area contributed by atoms with E-state index >= 15 is 0 Å². The lowest BCUT2D eigenvalue weighted by molar-refractivity contribution is 0.399. The van der Waals surface area contributed by atoms with Crippen LogP contribution in [0, 0.1) is 0 Å². The van der Waals surface area contributed by atoms with Crippen molar-refractivity contribution in [1.82, 2.24) is 9.97 Å². The number of ether oxygens (including phenoxy) is 2. The first-order valence-electron chi connectivity index (χ1n) is 7.18. The molecule has 120 valence electrons. The topological polar surface area (TPSA) is 108 Å². The summed E-state index contributed by atoms with van der Waals surface area (Å²) in [5.74, 6) is 2.85.